The van der Waals surface area contributed by atoms with E-state index in [0.29, 0.717) is 19.0 Å². The molecule has 0 radical (unpaired) electrons. The molecule has 2 rings (SSSR count). The molecular weight excluding hydrogens is 368 g/mol. The van der Waals surface area contributed by atoms with E-state index in [2.05, 4.69) is 26.0 Å². The Kier molecular flexibility index (Phi) is 8.06. The second-order valence-electron chi connectivity index (χ2n) is 7.97. The normalized spacial score (nSPS) is 12.0. The summed E-state index contributed by atoms with van der Waals surface area (Å²) in [6, 6.07) is 9.51. The molecule has 1 heterocycles. The van der Waals surface area contributed by atoms with Crippen LogP contribution >= 0.6 is 0 Å². The third-order valence-corrected chi connectivity index (χ3v) is 3.58. The Morgan fingerprint density at radius 3 is 2.55 bits per heavy atom. The van der Waals surface area contributed by atoms with Crippen LogP contribution in [0.5, 0.6) is 5.75 Å². The molecule has 0 aliphatic carbocycles. The number of aromatic nitrogens is 2. The van der Waals surface area contributed by atoms with Crippen molar-refractivity contribution in [2.75, 3.05) is 18.4 Å². The molecule has 0 saturated carbocycles. The summed E-state index contributed by atoms with van der Waals surface area (Å²) in [5, 5.41) is 13.6. The smallest absolute Gasteiger partial charge is 0.242 e. The van der Waals surface area contributed by atoms with Gasteiger partial charge >= 0.3 is 0 Å². The van der Waals surface area contributed by atoms with Crippen molar-refractivity contribution in [3.8, 4) is 5.75 Å². The number of aliphatic imine (C=N–C) groups is 1. The minimum atomic E-state index is -0.292. The first kappa shape index (κ1) is 22.3. The Morgan fingerprint density at radius 1 is 1.24 bits per heavy atom. The molecule has 0 aliphatic heterocycles. The van der Waals surface area contributed by atoms with Crippen molar-refractivity contribution in [1.29, 1.82) is 0 Å². The second-order valence-corrected chi connectivity index (χ2v) is 7.97. The molecule has 0 bridgehead atoms. The van der Waals surface area contributed by atoms with E-state index in [1.54, 1.807) is 6.20 Å². The minimum Gasteiger partial charge on any atom is -0.491 e. The fourth-order valence-corrected chi connectivity index (χ4v) is 2.50. The number of nitrogens with one attached hydrogen (secondary N) is 3. The van der Waals surface area contributed by atoms with Gasteiger partial charge in [0.2, 0.25) is 5.91 Å². The van der Waals surface area contributed by atoms with Crippen molar-refractivity contribution in [2.45, 2.75) is 52.8 Å². The maximum absolute atomic E-state index is 12.1. The van der Waals surface area contributed by atoms with Crippen LogP contribution < -0.4 is 20.7 Å². The molecule has 8 heteroatoms. The maximum Gasteiger partial charge on any atom is 0.242 e. The van der Waals surface area contributed by atoms with Gasteiger partial charge < -0.3 is 20.7 Å². The third-order valence-electron chi connectivity index (χ3n) is 3.58. The molecule has 3 N–H and O–H groups in total. The lowest BCUT2D eigenvalue weighted by atomic mass is 10.1. The van der Waals surface area contributed by atoms with Crippen molar-refractivity contribution in [1.82, 2.24) is 20.4 Å². The molecule has 0 saturated heterocycles. The van der Waals surface area contributed by atoms with Crippen LogP contribution in [-0.4, -0.2) is 46.4 Å². The van der Waals surface area contributed by atoms with Gasteiger partial charge in [0.1, 0.15) is 12.3 Å². The second kappa shape index (κ2) is 10.5. The number of hydrogen-bond acceptors (Lipinski definition) is 4. The molecule has 158 valence electrons. The van der Waals surface area contributed by atoms with E-state index in [-0.39, 0.29) is 24.1 Å². The maximum atomic E-state index is 12.1. The van der Waals surface area contributed by atoms with Gasteiger partial charge in [-0.1, -0.05) is 0 Å². The Morgan fingerprint density at radius 2 is 1.97 bits per heavy atom. The highest BCUT2D eigenvalue weighted by molar-refractivity contribution is 5.95. The number of guanidine groups is 1. The largest absolute Gasteiger partial charge is 0.491 e. The molecule has 0 unspecified atom stereocenters. The fraction of sp³-hybridized carbons (Fsp3) is 0.476. The number of ether oxygens (including phenoxy) is 1. The number of benzene rings is 1. The summed E-state index contributed by atoms with van der Waals surface area (Å²) in [6.07, 6.45) is 3.76. The Labute approximate surface area is 172 Å². The first-order valence-corrected chi connectivity index (χ1v) is 9.82. The van der Waals surface area contributed by atoms with E-state index in [9.17, 15) is 4.79 Å². The van der Waals surface area contributed by atoms with Crippen LogP contribution in [0.25, 0.3) is 0 Å². The highest BCUT2D eigenvalue weighted by Gasteiger charge is 2.13. The average molecular weight is 401 g/mol. The third kappa shape index (κ3) is 9.14. The van der Waals surface area contributed by atoms with Crippen LogP contribution in [0.4, 0.5) is 5.69 Å². The van der Waals surface area contributed by atoms with E-state index in [1.807, 2.05) is 75.8 Å². The van der Waals surface area contributed by atoms with E-state index < -0.39 is 0 Å². The lowest BCUT2D eigenvalue weighted by molar-refractivity contribution is -0.121. The topological polar surface area (TPSA) is 92.6 Å². The summed E-state index contributed by atoms with van der Waals surface area (Å²) in [5.41, 5.74) is 0.558. The van der Waals surface area contributed by atoms with Gasteiger partial charge in [0, 0.05) is 30.2 Å². The fourth-order valence-electron chi connectivity index (χ4n) is 2.50. The van der Waals surface area contributed by atoms with Gasteiger partial charge in [-0.3, -0.25) is 9.48 Å². The van der Waals surface area contributed by atoms with E-state index >= 15 is 0 Å². The molecule has 0 fully saturated rings. The van der Waals surface area contributed by atoms with E-state index in [1.165, 1.54) is 0 Å². The molecule has 8 nitrogen and oxygen atoms in total. The minimum absolute atomic E-state index is 0.0307. The molecule has 0 aliphatic rings. The molecule has 1 amide bonds. The monoisotopic (exact) mass is 400 g/mol. The highest BCUT2D eigenvalue weighted by atomic mass is 16.5. The Bertz CT molecular complexity index is 777. The van der Waals surface area contributed by atoms with Crippen LogP contribution in [-0.2, 0) is 11.3 Å². The first-order valence-electron chi connectivity index (χ1n) is 9.82. The number of hydrogen-bond donors (Lipinski definition) is 3. The van der Waals surface area contributed by atoms with Gasteiger partial charge in [0.05, 0.1) is 12.6 Å². The molecule has 1 aromatic heterocycles. The Balaban J connectivity index is 2.00. The average Bonchev–Trinajstić information content (AvgIpc) is 3.12. The van der Waals surface area contributed by atoms with Crippen molar-refractivity contribution >= 4 is 17.6 Å². The van der Waals surface area contributed by atoms with Crippen LogP contribution in [0, 0.1) is 0 Å². The number of rotatable bonds is 8. The van der Waals surface area contributed by atoms with E-state index in [4.69, 9.17) is 4.74 Å². The molecule has 0 spiro atoms. The summed E-state index contributed by atoms with van der Waals surface area (Å²) >= 11 is 0. The number of anilines is 1. The van der Waals surface area contributed by atoms with Gasteiger partial charge in [0.25, 0.3) is 0 Å². The van der Waals surface area contributed by atoms with Crippen LogP contribution in [0.3, 0.4) is 0 Å². The summed E-state index contributed by atoms with van der Waals surface area (Å²) in [7, 11) is 0. The number of nitrogens with zero attached hydrogens (tertiary/aromatic N) is 3. The van der Waals surface area contributed by atoms with Crippen LogP contribution in [0.1, 0.15) is 34.6 Å². The SMILES string of the molecule is CC(C)Oc1ccc(NC(=NCC(=O)NC(C)(C)C)NCCn2cccn2)cc1. The van der Waals surface area contributed by atoms with Crippen molar-refractivity contribution in [3.05, 3.63) is 42.7 Å². The molecule has 29 heavy (non-hydrogen) atoms. The first-order chi connectivity index (χ1) is 13.7. The van der Waals surface area contributed by atoms with Gasteiger partial charge in [-0.05, 0) is 65.0 Å². The number of carbonyl (C=O) groups excluding carboxylic acids is 1. The van der Waals surface area contributed by atoms with E-state index in [0.717, 1.165) is 11.4 Å². The molecular formula is C21H32N6O2. The predicted octanol–water partition coefficient (Wildman–Crippen LogP) is 2.64. The summed E-state index contributed by atoms with van der Waals surface area (Å²) in [4.78, 5) is 16.5. The number of amides is 1. The molecule has 1 aromatic carbocycles. The van der Waals surface area contributed by atoms with Gasteiger partial charge in [-0.2, -0.15) is 5.10 Å². The summed E-state index contributed by atoms with van der Waals surface area (Å²) in [6.45, 7) is 11.1. The lowest BCUT2D eigenvalue weighted by Crippen LogP contribution is -2.42. The zero-order valence-corrected chi connectivity index (χ0v) is 17.9. The van der Waals surface area contributed by atoms with Gasteiger partial charge in [-0.15, -0.1) is 0 Å². The molecule has 0 atom stereocenters. The summed E-state index contributed by atoms with van der Waals surface area (Å²) < 4.78 is 7.50. The van der Waals surface area contributed by atoms with Crippen LogP contribution in [0.15, 0.2) is 47.7 Å². The zero-order valence-electron chi connectivity index (χ0n) is 17.9. The van der Waals surface area contributed by atoms with Gasteiger partial charge in [0.15, 0.2) is 5.96 Å². The van der Waals surface area contributed by atoms with Crippen molar-refractivity contribution < 1.29 is 9.53 Å². The standard InChI is InChI=1S/C21H32N6O2/c1-16(2)29-18-9-7-17(8-10-18)25-20(22-12-14-27-13-6-11-24-27)23-15-19(28)26-21(3,4)5/h6-11,13,16H,12,14-15H2,1-5H3,(H,26,28)(H2,22,23,25). The molecule has 2 aromatic rings. The predicted molar refractivity (Wildman–Crippen MR) is 116 cm³/mol. The van der Waals surface area contributed by atoms with Crippen LogP contribution in [0.2, 0.25) is 0 Å². The highest BCUT2D eigenvalue weighted by Crippen LogP contribution is 2.16. The Hall–Kier alpha value is -3.03. The lowest BCUT2D eigenvalue weighted by Gasteiger charge is -2.20. The quantitative estimate of drug-likeness (QED) is 0.468. The number of carbonyl (C=O) groups is 1. The van der Waals surface area contributed by atoms with Gasteiger partial charge in [-0.25, -0.2) is 4.99 Å². The summed E-state index contributed by atoms with van der Waals surface area (Å²) in [5.74, 6) is 1.20. The zero-order chi connectivity index (χ0) is 21.3. The van der Waals surface area contributed by atoms with Crippen molar-refractivity contribution in [3.63, 3.8) is 0 Å². The van der Waals surface area contributed by atoms with Crippen molar-refractivity contribution in [2.24, 2.45) is 4.99 Å².